The normalized spacial score (nSPS) is 12.2. The molecule has 1 atom stereocenters. The molecule has 20 heavy (non-hydrogen) atoms. The summed E-state index contributed by atoms with van der Waals surface area (Å²) in [7, 11) is 1.60. The molecule has 2 N–H and O–H groups in total. The second-order valence-electron chi connectivity index (χ2n) is 4.41. The molecule has 0 bridgehead atoms. The number of aromatic nitrogens is 2. The number of carbonyl (C=O) groups is 1. The quantitative estimate of drug-likeness (QED) is 0.751. The van der Waals surface area contributed by atoms with E-state index in [1.54, 1.807) is 13.3 Å². The molecule has 1 unspecified atom stereocenters. The maximum atomic E-state index is 11.2. The summed E-state index contributed by atoms with van der Waals surface area (Å²) in [5.41, 5.74) is 1.52. The fraction of sp³-hybridized carbons (Fsp3) is 0.357. The van der Waals surface area contributed by atoms with Gasteiger partial charge in [-0.1, -0.05) is 12.1 Å². The highest BCUT2D eigenvalue weighted by molar-refractivity contribution is 5.78. The van der Waals surface area contributed by atoms with E-state index >= 15 is 0 Å². The molecule has 0 fully saturated rings. The number of methoxy groups -OCH3 is 1. The van der Waals surface area contributed by atoms with Gasteiger partial charge in [0, 0.05) is 13.7 Å². The lowest BCUT2D eigenvalue weighted by atomic mass is 10.1. The highest BCUT2D eigenvalue weighted by Crippen LogP contribution is 2.13. The highest BCUT2D eigenvalue weighted by Gasteiger charge is 2.17. The van der Waals surface area contributed by atoms with Gasteiger partial charge in [-0.25, -0.2) is 9.78 Å². The van der Waals surface area contributed by atoms with Gasteiger partial charge in [-0.3, -0.25) is 4.98 Å². The highest BCUT2D eigenvalue weighted by atomic mass is 16.5. The van der Waals surface area contributed by atoms with Gasteiger partial charge in [-0.2, -0.15) is 0 Å². The van der Waals surface area contributed by atoms with Crippen molar-refractivity contribution >= 4 is 22.8 Å². The summed E-state index contributed by atoms with van der Waals surface area (Å²) in [6.07, 6.45) is 2.69. The Hall–Kier alpha value is -2.21. The minimum Gasteiger partial charge on any atom is -0.480 e. The van der Waals surface area contributed by atoms with Gasteiger partial charge in [0.05, 0.1) is 17.2 Å². The molecule has 1 aromatic carbocycles. The van der Waals surface area contributed by atoms with Crippen LogP contribution >= 0.6 is 0 Å². The number of anilines is 1. The summed E-state index contributed by atoms with van der Waals surface area (Å²) in [4.78, 5) is 19.8. The van der Waals surface area contributed by atoms with Crippen molar-refractivity contribution in [2.45, 2.75) is 18.9 Å². The SMILES string of the molecule is COCCCC(Nc1cnc2ccccc2n1)C(=O)O. The number of nitrogens with one attached hydrogen (secondary N) is 1. The largest absolute Gasteiger partial charge is 0.480 e. The fourth-order valence-corrected chi connectivity index (χ4v) is 1.89. The molecule has 2 rings (SSSR count). The Morgan fingerprint density at radius 2 is 2.15 bits per heavy atom. The van der Waals surface area contributed by atoms with Crippen LogP contribution < -0.4 is 5.32 Å². The average molecular weight is 275 g/mol. The Bertz CT molecular complexity index is 589. The zero-order valence-electron chi connectivity index (χ0n) is 11.2. The number of carboxylic acids is 1. The summed E-state index contributed by atoms with van der Waals surface area (Å²) in [6.45, 7) is 0.537. The lowest BCUT2D eigenvalue weighted by molar-refractivity contribution is -0.138. The van der Waals surface area contributed by atoms with Crippen LogP contribution in [0.3, 0.4) is 0 Å². The number of hydrogen-bond acceptors (Lipinski definition) is 5. The molecule has 0 radical (unpaired) electrons. The molecule has 0 aliphatic heterocycles. The summed E-state index contributed by atoms with van der Waals surface area (Å²) < 4.78 is 4.93. The second-order valence-corrected chi connectivity index (χ2v) is 4.41. The molecular weight excluding hydrogens is 258 g/mol. The molecule has 106 valence electrons. The van der Waals surface area contributed by atoms with Crippen molar-refractivity contribution in [2.75, 3.05) is 19.0 Å². The molecule has 6 heteroatoms. The molecule has 1 aromatic heterocycles. The van der Waals surface area contributed by atoms with E-state index in [-0.39, 0.29) is 0 Å². The number of aliphatic carboxylic acids is 1. The van der Waals surface area contributed by atoms with Crippen LogP contribution in [0.2, 0.25) is 0 Å². The van der Waals surface area contributed by atoms with Gasteiger partial charge in [-0.05, 0) is 25.0 Å². The number of carboxylic acid groups (broad SMARTS) is 1. The van der Waals surface area contributed by atoms with Gasteiger partial charge in [-0.15, -0.1) is 0 Å². The van der Waals surface area contributed by atoms with Gasteiger partial charge >= 0.3 is 5.97 Å². The number of ether oxygens (including phenoxy) is 1. The van der Waals surface area contributed by atoms with E-state index in [9.17, 15) is 9.90 Å². The maximum absolute atomic E-state index is 11.2. The van der Waals surface area contributed by atoms with E-state index in [1.165, 1.54) is 0 Å². The summed E-state index contributed by atoms with van der Waals surface area (Å²) in [6, 6.07) is 6.76. The van der Waals surface area contributed by atoms with Gasteiger partial charge in [0.25, 0.3) is 0 Å². The third-order valence-electron chi connectivity index (χ3n) is 2.91. The van der Waals surface area contributed by atoms with E-state index in [4.69, 9.17) is 4.74 Å². The van der Waals surface area contributed by atoms with Gasteiger partial charge in [0.2, 0.25) is 0 Å². The number of rotatable bonds is 7. The van der Waals surface area contributed by atoms with E-state index < -0.39 is 12.0 Å². The first-order valence-electron chi connectivity index (χ1n) is 6.41. The van der Waals surface area contributed by atoms with Crippen molar-refractivity contribution in [2.24, 2.45) is 0 Å². The first kappa shape index (κ1) is 14.2. The number of benzene rings is 1. The predicted molar refractivity (Wildman–Crippen MR) is 75.7 cm³/mol. The van der Waals surface area contributed by atoms with Crippen molar-refractivity contribution in [3.8, 4) is 0 Å². The molecule has 0 saturated heterocycles. The Morgan fingerprint density at radius 3 is 2.85 bits per heavy atom. The minimum atomic E-state index is -0.906. The van der Waals surface area contributed by atoms with E-state index in [0.717, 1.165) is 11.0 Å². The van der Waals surface area contributed by atoms with Crippen molar-refractivity contribution in [3.05, 3.63) is 30.5 Å². The predicted octanol–water partition coefficient (Wildman–Crippen LogP) is 1.92. The first-order valence-corrected chi connectivity index (χ1v) is 6.41. The molecule has 0 amide bonds. The van der Waals surface area contributed by atoms with E-state index in [0.29, 0.717) is 25.3 Å². The number of fused-ring (bicyclic) bond motifs is 1. The van der Waals surface area contributed by atoms with E-state index in [2.05, 4.69) is 15.3 Å². The minimum absolute atomic E-state index is 0.466. The first-order chi connectivity index (χ1) is 9.70. The van der Waals surface area contributed by atoms with Gasteiger partial charge in [0.1, 0.15) is 11.9 Å². The zero-order chi connectivity index (χ0) is 14.4. The van der Waals surface area contributed by atoms with Crippen LogP contribution in [0.25, 0.3) is 11.0 Å². The molecule has 0 spiro atoms. The maximum Gasteiger partial charge on any atom is 0.326 e. The fourth-order valence-electron chi connectivity index (χ4n) is 1.89. The molecular formula is C14H17N3O3. The van der Waals surface area contributed by atoms with E-state index in [1.807, 2.05) is 24.3 Å². The molecule has 6 nitrogen and oxygen atoms in total. The monoisotopic (exact) mass is 275 g/mol. The van der Waals surface area contributed by atoms with Crippen LogP contribution in [0.5, 0.6) is 0 Å². The van der Waals surface area contributed by atoms with Crippen molar-refractivity contribution in [1.82, 2.24) is 9.97 Å². The topological polar surface area (TPSA) is 84.3 Å². The molecule has 0 aliphatic carbocycles. The average Bonchev–Trinajstić information content (AvgIpc) is 2.46. The van der Waals surface area contributed by atoms with Crippen LogP contribution in [0.15, 0.2) is 30.5 Å². The molecule has 0 aliphatic rings. The van der Waals surface area contributed by atoms with Crippen molar-refractivity contribution in [1.29, 1.82) is 0 Å². The van der Waals surface area contributed by atoms with Crippen LogP contribution in [-0.2, 0) is 9.53 Å². The molecule has 2 aromatic rings. The summed E-state index contributed by atoms with van der Waals surface area (Å²) in [5, 5.41) is 12.1. The summed E-state index contributed by atoms with van der Waals surface area (Å²) in [5.74, 6) is -0.440. The third-order valence-corrected chi connectivity index (χ3v) is 2.91. The van der Waals surface area contributed by atoms with Crippen molar-refractivity contribution in [3.63, 3.8) is 0 Å². The smallest absolute Gasteiger partial charge is 0.326 e. The van der Waals surface area contributed by atoms with Crippen LogP contribution in [0.1, 0.15) is 12.8 Å². The third kappa shape index (κ3) is 3.64. The number of para-hydroxylation sites is 2. The Morgan fingerprint density at radius 1 is 1.40 bits per heavy atom. The molecule has 1 heterocycles. The van der Waals surface area contributed by atoms with Crippen LogP contribution in [0, 0.1) is 0 Å². The lowest BCUT2D eigenvalue weighted by Gasteiger charge is -2.14. The second kappa shape index (κ2) is 6.81. The Balaban J connectivity index is 2.09. The zero-order valence-corrected chi connectivity index (χ0v) is 11.2. The lowest BCUT2D eigenvalue weighted by Crippen LogP contribution is -2.30. The van der Waals surface area contributed by atoms with Crippen molar-refractivity contribution < 1.29 is 14.6 Å². The van der Waals surface area contributed by atoms with Gasteiger partial charge < -0.3 is 15.2 Å². The van der Waals surface area contributed by atoms with Gasteiger partial charge in [0.15, 0.2) is 0 Å². The van der Waals surface area contributed by atoms with Crippen LogP contribution in [-0.4, -0.2) is 40.8 Å². The number of hydrogen-bond donors (Lipinski definition) is 2. The Kier molecular flexibility index (Phi) is 4.84. The van der Waals surface area contributed by atoms with Crippen LogP contribution in [0.4, 0.5) is 5.82 Å². The molecule has 0 saturated carbocycles. The number of nitrogens with zero attached hydrogens (tertiary/aromatic N) is 2. The standard InChI is InChI=1S/C14H17N3O3/c1-20-8-4-7-12(14(18)19)17-13-9-15-10-5-2-3-6-11(10)16-13/h2-3,5-6,9,12H,4,7-8H2,1H3,(H,16,17)(H,18,19). The summed E-state index contributed by atoms with van der Waals surface area (Å²) >= 11 is 0. The Labute approximate surface area is 116 Å².